The third-order valence-corrected chi connectivity index (χ3v) is 5.27. The van der Waals surface area contributed by atoms with E-state index in [9.17, 15) is 0 Å². The molecule has 2 rings (SSSR count). The number of hydrogen-bond acceptors (Lipinski definition) is 0. The minimum absolute atomic E-state index is 0.733. The predicted octanol–water partition coefficient (Wildman–Crippen LogP) is 4.49. The van der Waals surface area contributed by atoms with Crippen molar-refractivity contribution in [3.63, 3.8) is 0 Å². The van der Waals surface area contributed by atoms with Gasteiger partial charge in [0.15, 0.2) is 0 Å². The lowest BCUT2D eigenvalue weighted by Gasteiger charge is -2.46. The number of rotatable bonds is 0. The summed E-state index contributed by atoms with van der Waals surface area (Å²) in [5.41, 5.74) is 0.733. The molecule has 0 aliphatic heterocycles. The maximum atomic E-state index is 2.51. The molecular formula is C14H26. The van der Waals surface area contributed by atoms with Crippen LogP contribution in [0.25, 0.3) is 0 Å². The van der Waals surface area contributed by atoms with Crippen molar-refractivity contribution in [2.45, 2.75) is 59.8 Å². The van der Waals surface area contributed by atoms with Crippen LogP contribution < -0.4 is 0 Å². The van der Waals surface area contributed by atoms with E-state index < -0.39 is 0 Å². The van der Waals surface area contributed by atoms with Gasteiger partial charge >= 0.3 is 0 Å². The third kappa shape index (κ3) is 1.51. The molecule has 0 aromatic rings. The van der Waals surface area contributed by atoms with Gasteiger partial charge in [-0.3, -0.25) is 0 Å². The van der Waals surface area contributed by atoms with E-state index in [0.29, 0.717) is 0 Å². The summed E-state index contributed by atoms with van der Waals surface area (Å²) >= 11 is 0. The lowest BCUT2D eigenvalue weighted by molar-refractivity contribution is 0.0388. The average Bonchev–Trinajstić information content (AvgIpc) is 2.36. The minimum atomic E-state index is 0.733. The summed E-state index contributed by atoms with van der Waals surface area (Å²) in [6.07, 6.45) is 7.47. The molecule has 0 N–H and O–H groups in total. The molecule has 5 unspecified atom stereocenters. The van der Waals surface area contributed by atoms with Crippen molar-refractivity contribution in [3.05, 3.63) is 0 Å². The van der Waals surface area contributed by atoms with Crippen molar-refractivity contribution in [2.75, 3.05) is 0 Å². The first-order chi connectivity index (χ1) is 6.54. The van der Waals surface area contributed by atoms with Gasteiger partial charge < -0.3 is 0 Å². The van der Waals surface area contributed by atoms with E-state index in [1.54, 1.807) is 0 Å². The van der Waals surface area contributed by atoms with Gasteiger partial charge in [0.25, 0.3) is 0 Å². The zero-order valence-electron chi connectivity index (χ0n) is 10.3. The highest BCUT2D eigenvalue weighted by Gasteiger charge is 2.49. The van der Waals surface area contributed by atoms with E-state index in [2.05, 4.69) is 27.7 Å². The fraction of sp³-hybridized carbons (Fsp3) is 1.00. The van der Waals surface area contributed by atoms with Gasteiger partial charge in [0.05, 0.1) is 0 Å². The van der Waals surface area contributed by atoms with Gasteiger partial charge in [-0.2, -0.15) is 0 Å². The summed E-state index contributed by atoms with van der Waals surface area (Å²) < 4.78 is 0. The quantitative estimate of drug-likeness (QED) is 0.533. The van der Waals surface area contributed by atoms with Crippen LogP contribution in [0.15, 0.2) is 0 Å². The molecule has 0 amide bonds. The van der Waals surface area contributed by atoms with Gasteiger partial charge in [-0.1, -0.05) is 34.1 Å². The molecule has 0 heterocycles. The summed E-state index contributed by atoms with van der Waals surface area (Å²) in [6, 6.07) is 0. The second-order valence-corrected chi connectivity index (χ2v) is 6.47. The van der Waals surface area contributed by atoms with Gasteiger partial charge in [0, 0.05) is 0 Å². The van der Waals surface area contributed by atoms with Crippen molar-refractivity contribution >= 4 is 0 Å². The molecule has 0 bridgehead atoms. The SMILES string of the molecule is CC1CCC(C)C2(C1)CC(C)CC2C. The smallest absolute Gasteiger partial charge is 0.0241 e. The van der Waals surface area contributed by atoms with E-state index >= 15 is 0 Å². The Labute approximate surface area is 89.5 Å². The molecule has 0 aromatic carbocycles. The normalized spacial score (nSPS) is 54.0. The summed E-state index contributed by atoms with van der Waals surface area (Å²) in [4.78, 5) is 0. The molecule has 0 radical (unpaired) electrons. The Morgan fingerprint density at radius 1 is 0.786 bits per heavy atom. The van der Waals surface area contributed by atoms with E-state index in [0.717, 1.165) is 29.1 Å². The third-order valence-electron chi connectivity index (χ3n) is 5.27. The zero-order valence-corrected chi connectivity index (χ0v) is 10.3. The molecule has 2 fully saturated rings. The molecule has 0 nitrogen and oxygen atoms in total. The van der Waals surface area contributed by atoms with Gasteiger partial charge in [-0.25, -0.2) is 0 Å². The van der Waals surface area contributed by atoms with Gasteiger partial charge in [0.1, 0.15) is 0 Å². The van der Waals surface area contributed by atoms with E-state index in [1.807, 2.05) is 0 Å². The van der Waals surface area contributed by atoms with Crippen LogP contribution >= 0.6 is 0 Å². The van der Waals surface area contributed by atoms with Crippen molar-refractivity contribution < 1.29 is 0 Å². The Morgan fingerprint density at radius 2 is 1.43 bits per heavy atom. The average molecular weight is 194 g/mol. The Bertz CT molecular complexity index is 202. The van der Waals surface area contributed by atoms with Crippen LogP contribution in [0.4, 0.5) is 0 Å². The first-order valence-corrected chi connectivity index (χ1v) is 6.54. The van der Waals surface area contributed by atoms with Crippen molar-refractivity contribution in [1.29, 1.82) is 0 Å². The topological polar surface area (TPSA) is 0 Å². The summed E-state index contributed by atoms with van der Waals surface area (Å²) in [6.45, 7) is 9.94. The molecular weight excluding hydrogens is 168 g/mol. The Morgan fingerprint density at radius 3 is 2.00 bits per heavy atom. The summed E-state index contributed by atoms with van der Waals surface area (Å²) in [5, 5.41) is 0. The highest BCUT2D eigenvalue weighted by molar-refractivity contribution is 4.98. The Balaban J connectivity index is 2.19. The van der Waals surface area contributed by atoms with E-state index in [4.69, 9.17) is 0 Å². The Hall–Kier alpha value is 0. The Kier molecular flexibility index (Phi) is 2.66. The molecule has 5 atom stereocenters. The van der Waals surface area contributed by atoms with Crippen LogP contribution in [0.5, 0.6) is 0 Å². The van der Waals surface area contributed by atoms with Crippen LogP contribution in [-0.2, 0) is 0 Å². The molecule has 1 spiro atoms. The molecule has 2 aliphatic carbocycles. The molecule has 0 heteroatoms. The second kappa shape index (κ2) is 3.54. The first-order valence-electron chi connectivity index (χ1n) is 6.54. The summed E-state index contributed by atoms with van der Waals surface area (Å²) in [7, 11) is 0. The van der Waals surface area contributed by atoms with Crippen LogP contribution in [0.1, 0.15) is 59.8 Å². The monoisotopic (exact) mass is 194 g/mol. The van der Waals surface area contributed by atoms with Gasteiger partial charge in [-0.15, -0.1) is 0 Å². The molecule has 0 aromatic heterocycles. The fourth-order valence-electron chi connectivity index (χ4n) is 4.52. The van der Waals surface area contributed by atoms with Gasteiger partial charge in [-0.05, 0) is 54.8 Å². The molecule has 14 heavy (non-hydrogen) atoms. The van der Waals surface area contributed by atoms with Crippen LogP contribution in [0.2, 0.25) is 0 Å². The predicted molar refractivity (Wildman–Crippen MR) is 62.2 cm³/mol. The maximum Gasteiger partial charge on any atom is -0.0241 e. The molecule has 2 aliphatic rings. The second-order valence-electron chi connectivity index (χ2n) is 6.47. The number of hydrogen-bond donors (Lipinski definition) is 0. The molecule has 82 valence electrons. The highest BCUT2D eigenvalue weighted by atomic mass is 14.5. The minimum Gasteiger partial charge on any atom is -0.0625 e. The van der Waals surface area contributed by atoms with Crippen LogP contribution in [-0.4, -0.2) is 0 Å². The molecule has 0 saturated heterocycles. The first kappa shape index (κ1) is 10.5. The van der Waals surface area contributed by atoms with Crippen molar-refractivity contribution in [1.82, 2.24) is 0 Å². The molecule has 2 saturated carbocycles. The maximum absolute atomic E-state index is 2.51. The van der Waals surface area contributed by atoms with Crippen molar-refractivity contribution in [2.24, 2.45) is 29.1 Å². The summed E-state index contributed by atoms with van der Waals surface area (Å²) in [5.74, 6) is 3.94. The standard InChI is InChI=1S/C14H26/c1-10-5-6-12(3)14(8-10)9-11(2)7-13(14)4/h10-13H,5-9H2,1-4H3. The van der Waals surface area contributed by atoms with E-state index in [1.165, 1.54) is 32.1 Å². The van der Waals surface area contributed by atoms with Crippen LogP contribution in [0.3, 0.4) is 0 Å². The van der Waals surface area contributed by atoms with Gasteiger partial charge in [0.2, 0.25) is 0 Å². The zero-order chi connectivity index (χ0) is 10.3. The fourth-order valence-corrected chi connectivity index (χ4v) is 4.52. The lowest BCUT2D eigenvalue weighted by Crippen LogP contribution is -2.37. The van der Waals surface area contributed by atoms with Crippen molar-refractivity contribution in [3.8, 4) is 0 Å². The highest BCUT2D eigenvalue weighted by Crippen LogP contribution is 2.58. The lowest BCUT2D eigenvalue weighted by atomic mass is 9.59. The largest absolute Gasteiger partial charge is 0.0625 e. The van der Waals surface area contributed by atoms with Crippen LogP contribution in [0, 0.1) is 29.1 Å². The van der Waals surface area contributed by atoms with E-state index in [-0.39, 0.29) is 0 Å².